The third kappa shape index (κ3) is 5.65. The fourth-order valence-electron chi connectivity index (χ4n) is 2.43. The van der Waals surface area contributed by atoms with Crippen molar-refractivity contribution in [2.24, 2.45) is 0 Å². The summed E-state index contributed by atoms with van der Waals surface area (Å²) in [4.78, 5) is 12.4. The highest BCUT2D eigenvalue weighted by Crippen LogP contribution is 2.28. The number of nitrogens with one attached hydrogen (secondary N) is 1. The first-order valence-electron chi connectivity index (χ1n) is 8.70. The van der Waals surface area contributed by atoms with Gasteiger partial charge in [-0.15, -0.1) is 0 Å². The molecule has 0 aliphatic rings. The van der Waals surface area contributed by atoms with E-state index in [1.54, 1.807) is 49.4 Å². The maximum atomic E-state index is 12.4. The van der Waals surface area contributed by atoms with Crippen molar-refractivity contribution in [2.45, 2.75) is 19.6 Å². The second-order valence-electron chi connectivity index (χ2n) is 6.12. The molecule has 3 rings (SSSR count). The lowest BCUT2D eigenvalue weighted by molar-refractivity contribution is -0.122. The molecule has 0 fully saturated rings. The van der Waals surface area contributed by atoms with Crippen molar-refractivity contribution < 1.29 is 14.3 Å². The predicted molar refractivity (Wildman–Crippen MR) is 112 cm³/mol. The van der Waals surface area contributed by atoms with Crippen LogP contribution in [-0.4, -0.2) is 12.0 Å². The molecular formula is C22H19Cl2NO3. The molecule has 0 unspecified atom stereocenters. The minimum atomic E-state index is -0.729. The molecule has 144 valence electrons. The first-order chi connectivity index (χ1) is 13.5. The van der Waals surface area contributed by atoms with Crippen LogP contribution >= 0.6 is 23.2 Å². The number of carbonyl (C=O) groups excluding carboxylic acids is 1. The van der Waals surface area contributed by atoms with Crippen LogP contribution in [0.15, 0.2) is 72.8 Å². The molecule has 6 heteroatoms. The maximum absolute atomic E-state index is 12.4. The highest BCUT2D eigenvalue weighted by atomic mass is 35.5. The van der Waals surface area contributed by atoms with E-state index < -0.39 is 6.10 Å². The number of benzene rings is 3. The largest absolute Gasteiger partial charge is 0.489 e. The van der Waals surface area contributed by atoms with Crippen LogP contribution in [0.1, 0.15) is 12.5 Å². The standard InChI is InChI=1S/C22H19Cl2NO3/c1-15(28-21-12-7-17(23)13-20(21)24)22(26)25-18-8-10-19(11-9-18)27-14-16-5-3-2-4-6-16/h2-13,15H,14H2,1H3,(H,25,26)/t15-/m0/s1. The van der Waals surface area contributed by atoms with Crippen LogP contribution < -0.4 is 14.8 Å². The van der Waals surface area contributed by atoms with Crippen molar-refractivity contribution >= 4 is 34.8 Å². The molecule has 0 heterocycles. The molecule has 3 aromatic carbocycles. The van der Waals surface area contributed by atoms with Crippen molar-refractivity contribution in [1.82, 2.24) is 0 Å². The summed E-state index contributed by atoms with van der Waals surface area (Å²) < 4.78 is 11.4. The number of anilines is 1. The normalized spacial score (nSPS) is 11.5. The Morgan fingerprint density at radius 3 is 2.39 bits per heavy atom. The fourth-order valence-corrected chi connectivity index (χ4v) is 2.89. The Kier molecular flexibility index (Phi) is 6.80. The van der Waals surface area contributed by atoms with E-state index in [-0.39, 0.29) is 5.91 Å². The van der Waals surface area contributed by atoms with E-state index in [2.05, 4.69) is 5.32 Å². The zero-order chi connectivity index (χ0) is 19.9. The van der Waals surface area contributed by atoms with Crippen molar-refractivity contribution in [3.63, 3.8) is 0 Å². The van der Waals surface area contributed by atoms with E-state index in [4.69, 9.17) is 32.7 Å². The lowest BCUT2D eigenvalue weighted by Gasteiger charge is -2.16. The average Bonchev–Trinajstić information content (AvgIpc) is 2.70. The third-order valence-corrected chi connectivity index (χ3v) is 4.47. The summed E-state index contributed by atoms with van der Waals surface area (Å²) in [6, 6.07) is 21.9. The van der Waals surface area contributed by atoms with Crippen LogP contribution in [0.2, 0.25) is 10.0 Å². The topological polar surface area (TPSA) is 47.6 Å². The van der Waals surface area contributed by atoms with E-state index in [1.165, 1.54) is 0 Å². The van der Waals surface area contributed by atoms with Crippen LogP contribution in [-0.2, 0) is 11.4 Å². The zero-order valence-corrected chi connectivity index (χ0v) is 16.7. The molecule has 0 radical (unpaired) electrons. The molecule has 0 aliphatic heterocycles. The first kappa shape index (κ1) is 20.1. The van der Waals surface area contributed by atoms with Crippen LogP contribution in [0.4, 0.5) is 5.69 Å². The third-order valence-electron chi connectivity index (χ3n) is 3.94. The highest BCUT2D eigenvalue weighted by Gasteiger charge is 2.16. The van der Waals surface area contributed by atoms with E-state index in [1.807, 2.05) is 30.3 Å². The van der Waals surface area contributed by atoms with Gasteiger partial charge in [-0.2, -0.15) is 0 Å². The molecule has 1 N–H and O–H groups in total. The minimum absolute atomic E-state index is 0.288. The smallest absolute Gasteiger partial charge is 0.265 e. The first-order valence-corrected chi connectivity index (χ1v) is 9.46. The van der Waals surface area contributed by atoms with Gasteiger partial charge in [0.15, 0.2) is 6.10 Å². The Hall–Kier alpha value is -2.69. The quantitative estimate of drug-likeness (QED) is 0.516. The maximum Gasteiger partial charge on any atom is 0.265 e. The summed E-state index contributed by atoms with van der Waals surface area (Å²) in [5.41, 5.74) is 1.74. The molecular weight excluding hydrogens is 397 g/mol. The Morgan fingerprint density at radius 1 is 1.00 bits per heavy atom. The Balaban J connectivity index is 1.53. The van der Waals surface area contributed by atoms with Crippen LogP contribution in [0.25, 0.3) is 0 Å². The van der Waals surface area contributed by atoms with Crippen molar-refractivity contribution in [3.8, 4) is 11.5 Å². The van der Waals surface area contributed by atoms with Gasteiger partial charge in [-0.05, 0) is 55.0 Å². The molecule has 0 saturated carbocycles. The zero-order valence-electron chi connectivity index (χ0n) is 15.2. The monoisotopic (exact) mass is 415 g/mol. The summed E-state index contributed by atoms with van der Waals surface area (Å²) in [5, 5.41) is 3.66. The second kappa shape index (κ2) is 9.49. The molecule has 1 atom stereocenters. The van der Waals surface area contributed by atoms with Gasteiger partial charge in [0.1, 0.15) is 18.1 Å². The van der Waals surface area contributed by atoms with E-state index in [0.717, 1.165) is 11.3 Å². The number of amides is 1. The molecule has 0 aromatic heterocycles. The minimum Gasteiger partial charge on any atom is -0.489 e. The van der Waals surface area contributed by atoms with Gasteiger partial charge in [-0.25, -0.2) is 0 Å². The van der Waals surface area contributed by atoms with E-state index in [0.29, 0.717) is 28.1 Å². The van der Waals surface area contributed by atoms with Crippen molar-refractivity contribution in [3.05, 3.63) is 88.4 Å². The summed E-state index contributed by atoms with van der Waals surface area (Å²) in [6.45, 7) is 2.14. The van der Waals surface area contributed by atoms with Gasteiger partial charge in [0.25, 0.3) is 5.91 Å². The molecule has 28 heavy (non-hydrogen) atoms. The SMILES string of the molecule is C[C@H](Oc1ccc(Cl)cc1Cl)C(=O)Nc1ccc(OCc2ccccc2)cc1. The molecule has 0 bridgehead atoms. The molecule has 4 nitrogen and oxygen atoms in total. The van der Waals surface area contributed by atoms with Crippen molar-refractivity contribution in [2.75, 3.05) is 5.32 Å². The van der Waals surface area contributed by atoms with Crippen LogP contribution in [0.5, 0.6) is 11.5 Å². The summed E-state index contributed by atoms with van der Waals surface area (Å²) >= 11 is 11.9. The van der Waals surface area contributed by atoms with Crippen LogP contribution in [0.3, 0.4) is 0 Å². The molecule has 1 amide bonds. The van der Waals surface area contributed by atoms with E-state index in [9.17, 15) is 4.79 Å². The molecule has 0 aliphatic carbocycles. The summed E-state index contributed by atoms with van der Waals surface area (Å²) in [6.07, 6.45) is -0.729. The lowest BCUT2D eigenvalue weighted by atomic mass is 10.2. The number of rotatable bonds is 7. The molecule has 0 saturated heterocycles. The average molecular weight is 416 g/mol. The van der Waals surface area contributed by atoms with E-state index >= 15 is 0 Å². The number of hydrogen-bond acceptors (Lipinski definition) is 3. The molecule has 0 spiro atoms. The Morgan fingerprint density at radius 2 is 1.71 bits per heavy atom. The van der Waals surface area contributed by atoms with Gasteiger partial charge in [0, 0.05) is 10.7 Å². The number of halogens is 2. The summed E-state index contributed by atoms with van der Waals surface area (Å²) in [5.74, 6) is 0.835. The second-order valence-corrected chi connectivity index (χ2v) is 6.97. The van der Waals surface area contributed by atoms with Gasteiger partial charge >= 0.3 is 0 Å². The van der Waals surface area contributed by atoms with Gasteiger partial charge in [0.2, 0.25) is 0 Å². The Bertz CT molecular complexity index is 930. The van der Waals surface area contributed by atoms with Crippen molar-refractivity contribution in [1.29, 1.82) is 0 Å². The van der Waals surface area contributed by atoms with Gasteiger partial charge in [-0.3, -0.25) is 4.79 Å². The number of ether oxygens (including phenoxy) is 2. The Labute approximate surface area is 174 Å². The highest BCUT2D eigenvalue weighted by molar-refractivity contribution is 6.35. The van der Waals surface area contributed by atoms with Gasteiger partial charge in [-0.1, -0.05) is 53.5 Å². The molecule has 3 aromatic rings. The number of hydrogen-bond donors (Lipinski definition) is 1. The summed E-state index contributed by atoms with van der Waals surface area (Å²) in [7, 11) is 0. The van der Waals surface area contributed by atoms with Gasteiger partial charge in [0.05, 0.1) is 5.02 Å². The van der Waals surface area contributed by atoms with Gasteiger partial charge < -0.3 is 14.8 Å². The predicted octanol–water partition coefficient (Wildman–Crippen LogP) is 5.98. The van der Waals surface area contributed by atoms with Crippen LogP contribution in [0, 0.1) is 0 Å². The lowest BCUT2D eigenvalue weighted by Crippen LogP contribution is -2.30. The fraction of sp³-hybridized carbons (Fsp3) is 0.136. The number of carbonyl (C=O) groups is 1.